The standard InChI is InChI=1S/C20H21N3O4S/c1-2-20(19(26)27,14-6-4-3-5-7-14)12-21-16(24)8-10-23-13-22-17-15(18(23)25)9-11-28-17/h3-7,9,11,13H,2,8,10,12H2,1H3,(H,21,24)(H,26,27). The molecule has 8 heteroatoms. The highest BCUT2D eigenvalue weighted by Gasteiger charge is 2.38. The Balaban J connectivity index is 1.67. The Labute approximate surface area is 165 Å². The van der Waals surface area contributed by atoms with Gasteiger partial charge in [-0.15, -0.1) is 11.3 Å². The van der Waals surface area contributed by atoms with Crippen LogP contribution in [0.25, 0.3) is 10.2 Å². The molecule has 0 bridgehead atoms. The molecule has 1 aromatic carbocycles. The van der Waals surface area contributed by atoms with E-state index in [1.165, 1.54) is 22.2 Å². The lowest BCUT2D eigenvalue weighted by molar-refractivity contribution is -0.144. The number of benzene rings is 1. The molecule has 7 nitrogen and oxygen atoms in total. The summed E-state index contributed by atoms with van der Waals surface area (Å²) in [5.74, 6) is -1.29. The van der Waals surface area contributed by atoms with Crippen LogP contribution in [0.5, 0.6) is 0 Å². The summed E-state index contributed by atoms with van der Waals surface area (Å²) in [4.78, 5) is 41.5. The molecule has 1 unspecified atom stereocenters. The van der Waals surface area contributed by atoms with Crippen molar-refractivity contribution in [2.75, 3.05) is 6.54 Å². The van der Waals surface area contributed by atoms with Crippen LogP contribution in [-0.4, -0.2) is 33.1 Å². The van der Waals surface area contributed by atoms with Crippen LogP contribution in [0.15, 0.2) is 52.9 Å². The quantitative estimate of drug-likeness (QED) is 0.606. The monoisotopic (exact) mass is 399 g/mol. The first-order valence-corrected chi connectivity index (χ1v) is 9.84. The molecule has 0 saturated heterocycles. The van der Waals surface area contributed by atoms with Crippen molar-refractivity contribution in [1.29, 1.82) is 0 Å². The molecule has 28 heavy (non-hydrogen) atoms. The summed E-state index contributed by atoms with van der Waals surface area (Å²) in [5.41, 5.74) is -0.726. The van der Waals surface area contributed by atoms with Crippen molar-refractivity contribution >= 4 is 33.4 Å². The van der Waals surface area contributed by atoms with Gasteiger partial charge >= 0.3 is 5.97 Å². The topological polar surface area (TPSA) is 101 Å². The Morgan fingerprint density at radius 2 is 2.00 bits per heavy atom. The minimum absolute atomic E-state index is 0.0155. The molecule has 1 atom stereocenters. The number of amides is 1. The molecular weight excluding hydrogens is 378 g/mol. The number of carboxylic acids is 1. The summed E-state index contributed by atoms with van der Waals surface area (Å²) < 4.78 is 1.40. The number of aryl methyl sites for hydroxylation is 1. The van der Waals surface area contributed by atoms with Gasteiger partial charge in [-0.3, -0.25) is 19.0 Å². The van der Waals surface area contributed by atoms with E-state index in [0.717, 1.165) is 0 Å². The van der Waals surface area contributed by atoms with Crippen LogP contribution in [0.2, 0.25) is 0 Å². The van der Waals surface area contributed by atoms with Gasteiger partial charge in [0, 0.05) is 19.5 Å². The third-order valence-electron chi connectivity index (χ3n) is 4.96. The number of aliphatic carboxylic acids is 1. The van der Waals surface area contributed by atoms with Gasteiger partial charge in [0.25, 0.3) is 5.56 Å². The fraction of sp³-hybridized carbons (Fsp3) is 0.300. The average Bonchev–Trinajstić information content (AvgIpc) is 3.18. The summed E-state index contributed by atoms with van der Waals surface area (Å²) in [6, 6.07) is 10.6. The molecule has 0 fully saturated rings. The van der Waals surface area contributed by atoms with Crippen LogP contribution in [-0.2, 0) is 21.5 Å². The third-order valence-corrected chi connectivity index (χ3v) is 5.78. The van der Waals surface area contributed by atoms with Gasteiger partial charge in [0.15, 0.2) is 0 Å². The van der Waals surface area contributed by atoms with Crippen LogP contribution in [0.4, 0.5) is 0 Å². The van der Waals surface area contributed by atoms with Gasteiger partial charge in [-0.25, -0.2) is 4.98 Å². The predicted octanol–water partition coefficient (Wildman–Crippen LogP) is 2.40. The largest absolute Gasteiger partial charge is 0.481 e. The predicted molar refractivity (Wildman–Crippen MR) is 108 cm³/mol. The van der Waals surface area contributed by atoms with Gasteiger partial charge in [-0.05, 0) is 23.4 Å². The van der Waals surface area contributed by atoms with Crippen molar-refractivity contribution in [3.05, 3.63) is 64.0 Å². The van der Waals surface area contributed by atoms with Gasteiger partial charge in [0.05, 0.1) is 11.7 Å². The highest BCUT2D eigenvalue weighted by atomic mass is 32.1. The van der Waals surface area contributed by atoms with E-state index in [1.807, 2.05) is 6.07 Å². The molecule has 0 spiro atoms. The first-order valence-electron chi connectivity index (χ1n) is 8.96. The second-order valence-corrected chi connectivity index (χ2v) is 7.41. The summed E-state index contributed by atoms with van der Waals surface area (Å²) in [6.07, 6.45) is 1.84. The lowest BCUT2D eigenvalue weighted by Gasteiger charge is -2.29. The molecule has 3 rings (SSSR count). The Kier molecular flexibility index (Phi) is 5.89. The number of nitrogens with zero attached hydrogens (tertiary/aromatic N) is 2. The Bertz CT molecular complexity index is 1040. The number of nitrogens with one attached hydrogen (secondary N) is 1. The van der Waals surface area contributed by atoms with Gasteiger partial charge in [0.1, 0.15) is 10.2 Å². The first kappa shape index (κ1) is 19.8. The zero-order valence-corrected chi connectivity index (χ0v) is 16.2. The molecule has 0 radical (unpaired) electrons. The Morgan fingerprint density at radius 1 is 1.25 bits per heavy atom. The summed E-state index contributed by atoms with van der Waals surface area (Å²) >= 11 is 1.39. The molecule has 2 aromatic heterocycles. The van der Waals surface area contributed by atoms with Gasteiger partial charge in [-0.1, -0.05) is 37.3 Å². The number of thiophene rings is 1. The molecule has 3 aromatic rings. The SMILES string of the molecule is CCC(CNC(=O)CCn1cnc2sccc2c1=O)(C(=O)O)c1ccccc1. The minimum Gasteiger partial charge on any atom is -0.481 e. The minimum atomic E-state index is -1.19. The fourth-order valence-electron chi connectivity index (χ4n) is 3.15. The number of carboxylic acid groups (broad SMARTS) is 1. The molecule has 2 N–H and O–H groups in total. The van der Waals surface area contributed by atoms with Crippen LogP contribution in [0.1, 0.15) is 25.3 Å². The molecular formula is C20H21N3O4S. The van der Waals surface area contributed by atoms with Crippen LogP contribution in [0, 0.1) is 0 Å². The second kappa shape index (κ2) is 8.35. The number of carbonyl (C=O) groups is 2. The number of rotatable bonds is 8. The molecule has 0 aliphatic heterocycles. The molecule has 146 valence electrons. The van der Waals surface area contributed by atoms with E-state index < -0.39 is 11.4 Å². The molecule has 2 heterocycles. The maximum absolute atomic E-state index is 12.4. The average molecular weight is 399 g/mol. The smallest absolute Gasteiger partial charge is 0.315 e. The highest BCUT2D eigenvalue weighted by Crippen LogP contribution is 2.27. The Hall–Kier alpha value is -3.00. The van der Waals surface area contributed by atoms with E-state index in [2.05, 4.69) is 10.3 Å². The van der Waals surface area contributed by atoms with Gasteiger partial charge in [-0.2, -0.15) is 0 Å². The van der Waals surface area contributed by atoms with Crippen LogP contribution < -0.4 is 10.9 Å². The Morgan fingerprint density at radius 3 is 2.68 bits per heavy atom. The fourth-order valence-corrected chi connectivity index (χ4v) is 3.87. The van der Waals surface area contributed by atoms with Crippen molar-refractivity contribution in [1.82, 2.24) is 14.9 Å². The zero-order chi connectivity index (χ0) is 20.1. The summed E-state index contributed by atoms with van der Waals surface area (Å²) in [5, 5.41) is 14.9. The number of hydrogen-bond acceptors (Lipinski definition) is 5. The van der Waals surface area contributed by atoms with Crippen molar-refractivity contribution < 1.29 is 14.7 Å². The van der Waals surface area contributed by atoms with E-state index in [0.29, 0.717) is 22.2 Å². The van der Waals surface area contributed by atoms with Crippen molar-refractivity contribution in [3.63, 3.8) is 0 Å². The highest BCUT2D eigenvalue weighted by molar-refractivity contribution is 7.16. The maximum Gasteiger partial charge on any atom is 0.315 e. The van der Waals surface area contributed by atoms with E-state index in [-0.39, 0.29) is 31.0 Å². The third kappa shape index (κ3) is 3.82. The van der Waals surface area contributed by atoms with Crippen LogP contribution >= 0.6 is 11.3 Å². The molecule has 0 saturated carbocycles. The molecule has 0 aliphatic rings. The van der Waals surface area contributed by atoms with Crippen molar-refractivity contribution in [2.45, 2.75) is 31.7 Å². The number of fused-ring (bicyclic) bond motifs is 1. The molecule has 0 aliphatic carbocycles. The normalized spacial score (nSPS) is 13.2. The summed E-state index contributed by atoms with van der Waals surface area (Å²) in [6.45, 7) is 1.95. The van der Waals surface area contributed by atoms with E-state index in [9.17, 15) is 19.5 Å². The van der Waals surface area contributed by atoms with Crippen LogP contribution in [0.3, 0.4) is 0 Å². The summed E-state index contributed by atoms with van der Waals surface area (Å²) in [7, 11) is 0. The maximum atomic E-state index is 12.4. The lowest BCUT2D eigenvalue weighted by Crippen LogP contribution is -2.46. The van der Waals surface area contributed by atoms with Gasteiger partial charge < -0.3 is 10.4 Å². The number of aromatic nitrogens is 2. The van der Waals surface area contributed by atoms with Gasteiger partial charge in [0.2, 0.25) is 5.91 Å². The second-order valence-electron chi connectivity index (χ2n) is 6.52. The zero-order valence-electron chi connectivity index (χ0n) is 15.4. The number of carbonyl (C=O) groups excluding carboxylic acids is 1. The molecule has 1 amide bonds. The van der Waals surface area contributed by atoms with E-state index >= 15 is 0 Å². The number of hydrogen-bond donors (Lipinski definition) is 2. The van der Waals surface area contributed by atoms with Crippen molar-refractivity contribution in [3.8, 4) is 0 Å². The van der Waals surface area contributed by atoms with E-state index in [1.54, 1.807) is 42.6 Å². The van der Waals surface area contributed by atoms with Crippen molar-refractivity contribution in [2.24, 2.45) is 0 Å². The lowest BCUT2D eigenvalue weighted by atomic mass is 9.78. The van der Waals surface area contributed by atoms with E-state index in [4.69, 9.17) is 0 Å². The first-order chi connectivity index (χ1) is 13.5.